The Morgan fingerprint density at radius 3 is 3.00 bits per heavy atom. The minimum atomic E-state index is -1.19. The highest BCUT2D eigenvalue weighted by Crippen LogP contribution is 2.26. The highest BCUT2D eigenvalue weighted by molar-refractivity contribution is 5.26. The van der Waals surface area contributed by atoms with Crippen LogP contribution < -0.4 is 0 Å². The zero-order valence-corrected chi connectivity index (χ0v) is 7.03. The lowest BCUT2D eigenvalue weighted by Crippen LogP contribution is -2.15. The van der Waals surface area contributed by atoms with Gasteiger partial charge in [-0.15, -0.1) is 6.42 Å². The van der Waals surface area contributed by atoms with Crippen molar-refractivity contribution in [2.75, 3.05) is 0 Å². The number of aliphatic hydroxyl groups excluding tert-OH is 1. The molecule has 0 aromatic rings. The van der Waals surface area contributed by atoms with Gasteiger partial charge in [-0.25, -0.2) is 0 Å². The van der Waals surface area contributed by atoms with Crippen LogP contribution in [0.25, 0.3) is 0 Å². The highest BCUT2D eigenvalue weighted by atomic mass is 16.5. The summed E-state index contributed by atoms with van der Waals surface area (Å²) in [6, 6.07) is 0. The maximum absolute atomic E-state index is 8.75. The Hall–Kier alpha value is -0.780. The van der Waals surface area contributed by atoms with E-state index >= 15 is 0 Å². The van der Waals surface area contributed by atoms with Crippen molar-refractivity contribution in [1.82, 2.24) is 0 Å². The Balaban J connectivity index is 2.42. The molecule has 0 bridgehead atoms. The minimum Gasteiger partial charge on any atom is -0.368 e. The second kappa shape index (κ2) is 4.30. The summed E-state index contributed by atoms with van der Waals surface area (Å²) in [4.78, 5) is 0. The van der Waals surface area contributed by atoms with Crippen LogP contribution in [0.4, 0.5) is 0 Å². The molecule has 1 atom stereocenters. The molecule has 2 nitrogen and oxygen atoms in total. The van der Waals surface area contributed by atoms with E-state index < -0.39 is 6.29 Å². The molecule has 0 spiro atoms. The third-order valence-corrected chi connectivity index (χ3v) is 2.20. The first-order valence-electron chi connectivity index (χ1n) is 4.24. The summed E-state index contributed by atoms with van der Waals surface area (Å²) < 4.78 is 0. The number of terminal acetylenes is 1. The van der Waals surface area contributed by atoms with Gasteiger partial charge >= 0.3 is 0 Å². The molecule has 1 unspecified atom stereocenters. The van der Waals surface area contributed by atoms with Crippen molar-refractivity contribution in [1.29, 1.82) is 0 Å². The van der Waals surface area contributed by atoms with Crippen LogP contribution in [-0.2, 0) is 0 Å². The van der Waals surface area contributed by atoms with Crippen molar-refractivity contribution < 1.29 is 10.2 Å². The van der Waals surface area contributed by atoms with Gasteiger partial charge in [-0.2, -0.15) is 0 Å². The third kappa shape index (κ3) is 2.69. The van der Waals surface area contributed by atoms with Crippen molar-refractivity contribution in [3.63, 3.8) is 0 Å². The van der Waals surface area contributed by atoms with E-state index in [-0.39, 0.29) is 0 Å². The van der Waals surface area contributed by atoms with Crippen LogP contribution in [-0.4, -0.2) is 16.5 Å². The van der Waals surface area contributed by atoms with Gasteiger partial charge in [-0.3, -0.25) is 0 Å². The SMILES string of the molecule is C#CC1=CCCC(CC(O)O)C1. The van der Waals surface area contributed by atoms with Crippen LogP contribution >= 0.6 is 0 Å². The average Bonchev–Trinajstić information content (AvgIpc) is 2.03. The second-order valence-corrected chi connectivity index (χ2v) is 3.24. The first kappa shape index (κ1) is 9.31. The molecule has 2 N–H and O–H groups in total. The van der Waals surface area contributed by atoms with E-state index in [4.69, 9.17) is 16.6 Å². The normalized spacial score (nSPS) is 23.5. The molecule has 66 valence electrons. The molecule has 0 fully saturated rings. The fourth-order valence-electron chi connectivity index (χ4n) is 1.61. The lowest BCUT2D eigenvalue weighted by molar-refractivity contribution is -0.0567. The number of allylic oxidation sites excluding steroid dienone is 2. The van der Waals surface area contributed by atoms with Gasteiger partial charge < -0.3 is 10.2 Å². The van der Waals surface area contributed by atoms with Gasteiger partial charge in [0, 0.05) is 6.42 Å². The van der Waals surface area contributed by atoms with E-state index in [0.717, 1.165) is 24.8 Å². The minimum absolute atomic E-state index is 0.348. The summed E-state index contributed by atoms with van der Waals surface area (Å²) in [7, 11) is 0. The Morgan fingerprint density at radius 1 is 1.67 bits per heavy atom. The van der Waals surface area contributed by atoms with E-state index in [1.807, 2.05) is 0 Å². The summed E-state index contributed by atoms with van der Waals surface area (Å²) in [5.74, 6) is 2.95. The predicted octanol–water partition coefficient (Wildman–Crippen LogP) is 1.05. The molecule has 1 aliphatic carbocycles. The van der Waals surface area contributed by atoms with Crippen LogP contribution in [0, 0.1) is 18.3 Å². The molecule has 1 rings (SSSR count). The first-order valence-corrected chi connectivity index (χ1v) is 4.24. The molecular weight excluding hydrogens is 152 g/mol. The summed E-state index contributed by atoms with van der Waals surface area (Å²) in [6.07, 6.45) is 9.38. The second-order valence-electron chi connectivity index (χ2n) is 3.24. The standard InChI is InChI=1S/C10H14O2/c1-2-8-4-3-5-9(6-8)7-10(11)12/h1,4,9-12H,3,5-7H2. The van der Waals surface area contributed by atoms with Crippen molar-refractivity contribution in [2.45, 2.75) is 32.0 Å². The summed E-state index contributed by atoms with van der Waals surface area (Å²) in [5, 5.41) is 17.5. The molecule has 0 amide bonds. The van der Waals surface area contributed by atoms with Crippen LogP contribution in [0.2, 0.25) is 0 Å². The van der Waals surface area contributed by atoms with Gasteiger partial charge in [0.2, 0.25) is 0 Å². The van der Waals surface area contributed by atoms with Crippen molar-refractivity contribution in [3.05, 3.63) is 11.6 Å². The lowest BCUT2D eigenvalue weighted by atomic mass is 9.87. The molecule has 0 saturated carbocycles. The summed E-state index contributed by atoms with van der Waals surface area (Å²) in [5.41, 5.74) is 1.01. The maximum atomic E-state index is 8.75. The fourth-order valence-corrected chi connectivity index (χ4v) is 1.61. The molecule has 0 aliphatic heterocycles. The predicted molar refractivity (Wildman–Crippen MR) is 47.1 cm³/mol. The smallest absolute Gasteiger partial charge is 0.151 e. The molecule has 0 heterocycles. The average molecular weight is 166 g/mol. The van der Waals surface area contributed by atoms with Crippen LogP contribution in [0.5, 0.6) is 0 Å². The Bertz CT molecular complexity index is 210. The quantitative estimate of drug-likeness (QED) is 0.475. The van der Waals surface area contributed by atoms with Crippen LogP contribution in [0.3, 0.4) is 0 Å². The van der Waals surface area contributed by atoms with Crippen LogP contribution in [0.1, 0.15) is 25.7 Å². The van der Waals surface area contributed by atoms with Crippen molar-refractivity contribution >= 4 is 0 Å². The molecule has 0 saturated heterocycles. The lowest BCUT2D eigenvalue weighted by Gasteiger charge is -2.20. The molecule has 2 heteroatoms. The van der Waals surface area contributed by atoms with E-state index in [2.05, 4.69) is 12.0 Å². The van der Waals surface area contributed by atoms with E-state index in [0.29, 0.717) is 12.3 Å². The topological polar surface area (TPSA) is 40.5 Å². The highest BCUT2D eigenvalue weighted by Gasteiger charge is 2.16. The van der Waals surface area contributed by atoms with Gasteiger partial charge in [0.05, 0.1) is 0 Å². The number of rotatable bonds is 2. The molecule has 12 heavy (non-hydrogen) atoms. The van der Waals surface area contributed by atoms with Gasteiger partial charge in [-0.1, -0.05) is 12.0 Å². The molecule has 1 aliphatic rings. The van der Waals surface area contributed by atoms with Gasteiger partial charge in [-0.05, 0) is 30.8 Å². The number of hydrogen-bond acceptors (Lipinski definition) is 2. The van der Waals surface area contributed by atoms with E-state index in [1.54, 1.807) is 0 Å². The van der Waals surface area contributed by atoms with Crippen molar-refractivity contribution in [2.24, 2.45) is 5.92 Å². The Labute approximate surface area is 72.9 Å². The van der Waals surface area contributed by atoms with Crippen LogP contribution in [0.15, 0.2) is 11.6 Å². The zero-order valence-electron chi connectivity index (χ0n) is 7.03. The maximum Gasteiger partial charge on any atom is 0.151 e. The largest absolute Gasteiger partial charge is 0.368 e. The Morgan fingerprint density at radius 2 is 2.42 bits per heavy atom. The number of aliphatic hydroxyl groups is 2. The Kier molecular flexibility index (Phi) is 3.33. The van der Waals surface area contributed by atoms with Crippen molar-refractivity contribution in [3.8, 4) is 12.3 Å². The van der Waals surface area contributed by atoms with E-state index in [1.165, 1.54) is 0 Å². The third-order valence-electron chi connectivity index (χ3n) is 2.20. The summed E-state index contributed by atoms with van der Waals surface area (Å²) in [6.45, 7) is 0. The molecule has 0 radical (unpaired) electrons. The first-order chi connectivity index (χ1) is 5.72. The number of hydrogen-bond donors (Lipinski definition) is 2. The van der Waals surface area contributed by atoms with E-state index in [9.17, 15) is 0 Å². The summed E-state index contributed by atoms with van der Waals surface area (Å²) >= 11 is 0. The molecular formula is C10H14O2. The van der Waals surface area contributed by atoms with Gasteiger partial charge in [0.25, 0.3) is 0 Å². The zero-order chi connectivity index (χ0) is 8.97. The molecule has 0 aromatic heterocycles. The van der Waals surface area contributed by atoms with Gasteiger partial charge in [0.15, 0.2) is 6.29 Å². The van der Waals surface area contributed by atoms with Gasteiger partial charge in [0.1, 0.15) is 0 Å². The molecule has 0 aromatic carbocycles. The monoisotopic (exact) mass is 166 g/mol. The fraction of sp³-hybridized carbons (Fsp3) is 0.600.